The number of imide groups is 1. The minimum atomic E-state index is -0.518. The minimum Gasteiger partial charge on any atom is -0.330 e. The maximum Gasteiger partial charge on any atom is 0.336 e. The molecule has 2 fully saturated rings. The summed E-state index contributed by atoms with van der Waals surface area (Å²) in [5.41, 5.74) is 8.26. The molecule has 8 nitrogen and oxygen atoms in total. The van der Waals surface area contributed by atoms with Gasteiger partial charge in [0.2, 0.25) is 0 Å². The standard InChI is InChI=1S/C12H16N4O4/c13-15-14-7-8-1-3-9(4-2-8)12(19)20-16-10(17)5-6-11(16)18/h8-9H,1-7H2. The Bertz CT molecular complexity index is 448. The average molecular weight is 280 g/mol. The highest BCUT2D eigenvalue weighted by Gasteiger charge is 2.35. The largest absolute Gasteiger partial charge is 0.336 e. The van der Waals surface area contributed by atoms with Gasteiger partial charge in [0, 0.05) is 24.3 Å². The smallest absolute Gasteiger partial charge is 0.330 e. The van der Waals surface area contributed by atoms with Gasteiger partial charge < -0.3 is 4.84 Å². The van der Waals surface area contributed by atoms with E-state index in [1.54, 1.807) is 0 Å². The number of carbonyl (C=O) groups excluding carboxylic acids is 3. The fraction of sp³-hybridized carbons (Fsp3) is 0.750. The van der Waals surface area contributed by atoms with E-state index in [-0.39, 0.29) is 18.8 Å². The first-order chi connectivity index (χ1) is 9.61. The van der Waals surface area contributed by atoms with Gasteiger partial charge in [-0.3, -0.25) is 9.59 Å². The Morgan fingerprint density at radius 2 is 1.85 bits per heavy atom. The Morgan fingerprint density at radius 1 is 1.25 bits per heavy atom. The first-order valence-corrected chi connectivity index (χ1v) is 6.70. The van der Waals surface area contributed by atoms with Crippen molar-refractivity contribution >= 4 is 17.8 Å². The van der Waals surface area contributed by atoms with Crippen molar-refractivity contribution in [2.75, 3.05) is 6.54 Å². The number of nitrogens with zero attached hydrogens (tertiary/aromatic N) is 4. The monoisotopic (exact) mass is 280 g/mol. The molecule has 8 heteroatoms. The Kier molecular flexibility index (Phi) is 4.57. The van der Waals surface area contributed by atoms with Gasteiger partial charge in [0.25, 0.3) is 11.8 Å². The van der Waals surface area contributed by atoms with Gasteiger partial charge in [-0.1, -0.05) is 5.11 Å². The molecule has 0 spiro atoms. The van der Waals surface area contributed by atoms with Gasteiger partial charge in [-0.05, 0) is 37.1 Å². The molecule has 0 radical (unpaired) electrons. The quantitative estimate of drug-likeness (QED) is 0.337. The van der Waals surface area contributed by atoms with Crippen molar-refractivity contribution in [1.29, 1.82) is 0 Å². The first kappa shape index (κ1) is 14.3. The van der Waals surface area contributed by atoms with E-state index in [4.69, 9.17) is 10.4 Å². The summed E-state index contributed by atoms with van der Waals surface area (Å²) in [7, 11) is 0. The van der Waals surface area contributed by atoms with Crippen molar-refractivity contribution in [3.63, 3.8) is 0 Å². The molecule has 1 saturated carbocycles. The van der Waals surface area contributed by atoms with E-state index < -0.39 is 17.8 Å². The second-order valence-electron chi connectivity index (χ2n) is 5.12. The second kappa shape index (κ2) is 6.38. The van der Waals surface area contributed by atoms with E-state index in [0.29, 0.717) is 30.4 Å². The van der Waals surface area contributed by atoms with Crippen LogP contribution >= 0.6 is 0 Å². The fourth-order valence-corrected chi connectivity index (χ4v) is 2.56. The molecule has 1 heterocycles. The molecule has 2 rings (SSSR count). The summed E-state index contributed by atoms with van der Waals surface area (Å²) in [5.74, 6) is -1.43. The van der Waals surface area contributed by atoms with Crippen molar-refractivity contribution in [1.82, 2.24) is 5.06 Å². The number of hydrogen-bond acceptors (Lipinski definition) is 5. The van der Waals surface area contributed by atoms with Gasteiger partial charge in [-0.2, -0.15) is 0 Å². The zero-order chi connectivity index (χ0) is 14.5. The van der Waals surface area contributed by atoms with Crippen LogP contribution in [-0.2, 0) is 19.2 Å². The van der Waals surface area contributed by atoms with Crippen molar-refractivity contribution in [3.8, 4) is 0 Å². The highest BCUT2D eigenvalue weighted by Crippen LogP contribution is 2.30. The van der Waals surface area contributed by atoms with Crippen LogP contribution in [0, 0.1) is 11.8 Å². The van der Waals surface area contributed by atoms with Crippen LogP contribution in [0.15, 0.2) is 5.11 Å². The van der Waals surface area contributed by atoms with Crippen LogP contribution in [0.1, 0.15) is 38.5 Å². The normalized spacial score (nSPS) is 26.3. The summed E-state index contributed by atoms with van der Waals surface area (Å²) in [4.78, 5) is 42.3. The maximum absolute atomic E-state index is 11.9. The molecule has 1 saturated heterocycles. The molecule has 0 bridgehead atoms. The molecule has 0 aromatic rings. The lowest BCUT2D eigenvalue weighted by Gasteiger charge is -2.26. The van der Waals surface area contributed by atoms with E-state index >= 15 is 0 Å². The topological polar surface area (TPSA) is 112 Å². The van der Waals surface area contributed by atoms with Crippen molar-refractivity contribution in [2.45, 2.75) is 38.5 Å². The molecule has 108 valence electrons. The van der Waals surface area contributed by atoms with Crippen LogP contribution in [0.5, 0.6) is 0 Å². The number of rotatable bonds is 4. The maximum atomic E-state index is 11.9. The van der Waals surface area contributed by atoms with Crippen molar-refractivity contribution in [2.24, 2.45) is 17.0 Å². The Morgan fingerprint density at radius 3 is 2.40 bits per heavy atom. The van der Waals surface area contributed by atoms with Crippen LogP contribution in [-0.4, -0.2) is 29.4 Å². The summed E-state index contributed by atoms with van der Waals surface area (Å²) in [5, 5.41) is 4.13. The molecule has 0 aromatic carbocycles. The van der Waals surface area contributed by atoms with Gasteiger partial charge in [-0.15, -0.1) is 5.06 Å². The molecular formula is C12H16N4O4. The molecule has 0 atom stereocenters. The van der Waals surface area contributed by atoms with Crippen LogP contribution in [0.2, 0.25) is 0 Å². The van der Waals surface area contributed by atoms with Gasteiger partial charge >= 0.3 is 5.97 Å². The zero-order valence-corrected chi connectivity index (χ0v) is 11.0. The van der Waals surface area contributed by atoms with E-state index in [0.717, 1.165) is 12.8 Å². The number of hydrogen-bond donors (Lipinski definition) is 0. The fourth-order valence-electron chi connectivity index (χ4n) is 2.56. The van der Waals surface area contributed by atoms with E-state index in [1.165, 1.54) is 0 Å². The molecule has 2 amide bonds. The third kappa shape index (κ3) is 3.27. The summed E-state index contributed by atoms with van der Waals surface area (Å²) < 4.78 is 0. The lowest BCUT2D eigenvalue weighted by molar-refractivity contribution is -0.201. The minimum absolute atomic E-state index is 0.102. The first-order valence-electron chi connectivity index (χ1n) is 6.70. The lowest BCUT2D eigenvalue weighted by Crippen LogP contribution is -2.35. The van der Waals surface area contributed by atoms with Gasteiger partial charge in [0.15, 0.2) is 0 Å². The average Bonchev–Trinajstić information content (AvgIpc) is 2.77. The Balaban J connectivity index is 1.81. The number of amides is 2. The van der Waals surface area contributed by atoms with Crippen LogP contribution in [0.3, 0.4) is 0 Å². The van der Waals surface area contributed by atoms with Crippen LogP contribution in [0.25, 0.3) is 10.4 Å². The van der Waals surface area contributed by atoms with Crippen molar-refractivity contribution < 1.29 is 19.2 Å². The number of hydroxylamine groups is 2. The summed E-state index contributed by atoms with van der Waals surface area (Å²) >= 11 is 0. The molecular weight excluding hydrogens is 264 g/mol. The summed E-state index contributed by atoms with van der Waals surface area (Å²) in [6.45, 7) is 0.446. The van der Waals surface area contributed by atoms with Crippen molar-refractivity contribution in [3.05, 3.63) is 10.4 Å². The number of azide groups is 1. The van der Waals surface area contributed by atoms with E-state index in [9.17, 15) is 14.4 Å². The summed E-state index contributed by atoms with van der Waals surface area (Å²) in [6, 6.07) is 0. The SMILES string of the molecule is [N-]=[N+]=NCC1CCC(C(=O)ON2C(=O)CCC2=O)CC1. The molecule has 1 aliphatic carbocycles. The summed E-state index contributed by atoms with van der Waals surface area (Å²) in [6.07, 6.45) is 3.01. The number of carbonyl (C=O) groups is 3. The van der Waals surface area contributed by atoms with Gasteiger partial charge in [0.05, 0.1) is 5.92 Å². The second-order valence-corrected chi connectivity index (χ2v) is 5.12. The zero-order valence-electron chi connectivity index (χ0n) is 11.0. The highest BCUT2D eigenvalue weighted by molar-refractivity contribution is 6.01. The van der Waals surface area contributed by atoms with Gasteiger partial charge in [-0.25, -0.2) is 4.79 Å². The third-order valence-electron chi connectivity index (χ3n) is 3.77. The predicted molar refractivity (Wildman–Crippen MR) is 66.6 cm³/mol. The van der Waals surface area contributed by atoms with E-state index in [1.807, 2.05) is 0 Å². The third-order valence-corrected chi connectivity index (χ3v) is 3.77. The van der Waals surface area contributed by atoms with Gasteiger partial charge in [0.1, 0.15) is 0 Å². The molecule has 0 N–H and O–H groups in total. The highest BCUT2D eigenvalue weighted by atomic mass is 16.7. The predicted octanol–water partition coefficient (Wildman–Crippen LogP) is 1.71. The lowest BCUT2D eigenvalue weighted by atomic mass is 9.82. The Hall–Kier alpha value is -2.08. The molecule has 20 heavy (non-hydrogen) atoms. The molecule has 2 aliphatic rings. The van der Waals surface area contributed by atoms with Crippen LogP contribution in [0.4, 0.5) is 0 Å². The molecule has 0 aromatic heterocycles. The van der Waals surface area contributed by atoms with E-state index in [2.05, 4.69) is 10.0 Å². The molecule has 0 unspecified atom stereocenters. The molecule has 1 aliphatic heterocycles. The Labute approximate surface area is 115 Å². The van der Waals surface area contributed by atoms with Crippen LogP contribution < -0.4 is 0 Å².